The van der Waals surface area contributed by atoms with Gasteiger partial charge in [0.2, 0.25) is 9.04 Å². The second-order valence-electron chi connectivity index (χ2n) is 5.06. The fraction of sp³-hybridized carbons (Fsp3) is 0.412. The lowest BCUT2D eigenvalue weighted by molar-refractivity contribution is 0.172. The summed E-state index contributed by atoms with van der Waals surface area (Å²) in [6.45, 7) is 3.83. The first-order valence-corrected chi connectivity index (χ1v) is 9.31. The lowest BCUT2D eigenvalue weighted by Crippen LogP contribution is -2.34. The molecule has 2 rings (SSSR count). The molecule has 0 aliphatic rings. The van der Waals surface area contributed by atoms with Crippen molar-refractivity contribution in [2.24, 2.45) is 0 Å². The van der Waals surface area contributed by atoms with Crippen molar-refractivity contribution < 1.29 is 9.16 Å². The highest BCUT2D eigenvalue weighted by atomic mass is 28.3. The molecule has 0 spiro atoms. The van der Waals surface area contributed by atoms with Gasteiger partial charge in [-0.05, 0) is 28.4 Å². The van der Waals surface area contributed by atoms with Crippen molar-refractivity contribution >= 4 is 25.0 Å². The number of methoxy groups -OCH3 is 1. The lowest BCUT2D eigenvalue weighted by atomic mass is 10.1. The largest absolute Gasteiger partial charge is 0.415 e. The van der Waals surface area contributed by atoms with E-state index in [4.69, 9.17) is 9.16 Å². The fourth-order valence-corrected chi connectivity index (χ4v) is 5.12. The van der Waals surface area contributed by atoms with Crippen LogP contribution in [-0.2, 0) is 9.16 Å². The Labute approximate surface area is 123 Å². The topological polar surface area (TPSA) is 18.5 Å². The highest BCUT2D eigenvalue weighted by molar-refractivity contribution is 6.70. The molecule has 0 N–H and O–H groups in total. The minimum absolute atomic E-state index is 0.781. The fourth-order valence-electron chi connectivity index (χ4n) is 2.55. The molecule has 0 radical (unpaired) electrons. The van der Waals surface area contributed by atoms with Crippen molar-refractivity contribution in [1.29, 1.82) is 0 Å². The van der Waals surface area contributed by atoms with E-state index in [0.29, 0.717) is 0 Å². The summed E-state index contributed by atoms with van der Waals surface area (Å²) in [4.78, 5) is 0. The maximum absolute atomic E-state index is 6.24. The Kier molecular flexibility index (Phi) is 6.24. The summed E-state index contributed by atoms with van der Waals surface area (Å²) in [6.07, 6.45) is 2.17. The average Bonchev–Trinajstić information content (AvgIpc) is 2.50. The molecule has 0 heterocycles. The maximum atomic E-state index is 6.24. The van der Waals surface area contributed by atoms with Gasteiger partial charge in [0.15, 0.2) is 0 Å². The van der Waals surface area contributed by atoms with E-state index in [0.717, 1.165) is 19.6 Å². The first-order chi connectivity index (χ1) is 9.86. The van der Waals surface area contributed by atoms with Crippen LogP contribution in [0.15, 0.2) is 42.5 Å². The summed E-state index contributed by atoms with van der Waals surface area (Å²) in [5.74, 6) is 0. The van der Waals surface area contributed by atoms with Crippen LogP contribution in [0.4, 0.5) is 0 Å². The SMILES string of the molecule is CCC[SiH](OCCCOC)c1cccc2ccccc12. The van der Waals surface area contributed by atoms with Crippen LogP contribution in [0.1, 0.15) is 19.8 Å². The number of fused-ring (bicyclic) bond motifs is 1. The third-order valence-electron chi connectivity index (χ3n) is 3.53. The lowest BCUT2D eigenvalue weighted by Gasteiger charge is -2.18. The van der Waals surface area contributed by atoms with E-state index in [1.54, 1.807) is 7.11 Å². The average molecular weight is 288 g/mol. The second kappa shape index (κ2) is 8.20. The third kappa shape index (κ3) is 3.92. The zero-order chi connectivity index (χ0) is 14.2. The summed E-state index contributed by atoms with van der Waals surface area (Å²) in [5, 5.41) is 4.13. The van der Waals surface area contributed by atoms with Crippen LogP contribution in [0.3, 0.4) is 0 Å². The number of hydrogen-bond acceptors (Lipinski definition) is 2. The number of ether oxygens (including phenoxy) is 1. The van der Waals surface area contributed by atoms with Gasteiger partial charge in [-0.3, -0.25) is 0 Å². The molecule has 0 fully saturated rings. The molecule has 0 amide bonds. The van der Waals surface area contributed by atoms with Crippen molar-refractivity contribution in [3.8, 4) is 0 Å². The van der Waals surface area contributed by atoms with Gasteiger partial charge < -0.3 is 9.16 Å². The highest BCUT2D eigenvalue weighted by Crippen LogP contribution is 2.14. The molecule has 1 unspecified atom stereocenters. The van der Waals surface area contributed by atoms with Gasteiger partial charge >= 0.3 is 0 Å². The van der Waals surface area contributed by atoms with Gasteiger partial charge in [-0.1, -0.05) is 55.8 Å². The number of rotatable bonds is 8. The Morgan fingerprint density at radius 1 is 1.00 bits per heavy atom. The van der Waals surface area contributed by atoms with Gasteiger partial charge in [0.05, 0.1) is 0 Å². The molecule has 2 aromatic carbocycles. The number of hydrogen-bond donors (Lipinski definition) is 0. The van der Waals surface area contributed by atoms with Crippen molar-refractivity contribution in [2.75, 3.05) is 20.3 Å². The van der Waals surface area contributed by atoms with Crippen LogP contribution in [0, 0.1) is 0 Å². The molecule has 0 aliphatic carbocycles. The summed E-state index contributed by atoms with van der Waals surface area (Å²) in [5.41, 5.74) is 0. The van der Waals surface area contributed by atoms with Gasteiger partial charge in [-0.2, -0.15) is 0 Å². The van der Waals surface area contributed by atoms with Gasteiger partial charge in [0.25, 0.3) is 0 Å². The molecular weight excluding hydrogens is 264 g/mol. The normalized spacial score (nSPS) is 12.7. The van der Waals surface area contributed by atoms with E-state index in [9.17, 15) is 0 Å². The molecule has 2 aromatic rings. The van der Waals surface area contributed by atoms with E-state index in [1.165, 1.54) is 28.4 Å². The summed E-state index contributed by atoms with van der Waals surface area (Å²) in [7, 11) is 0.401. The van der Waals surface area contributed by atoms with E-state index >= 15 is 0 Å². The smallest absolute Gasteiger partial charge is 0.208 e. The van der Waals surface area contributed by atoms with Crippen molar-refractivity contribution in [3.63, 3.8) is 0 Å². The van der Waals surface area contributed by atoms with Crippen LogP contribution >= 0.6 is 0 Å². The molecule has 0 saturated heterocycles. The molecule has 3 heteroatoms. The third-order valence-corrected chi connectivity index (χ3v) is 6.47. The van der Waals surface area contributed by atoms with E-state index in [-0.39, 0.29) is 0 Å². The predicted molar refractivity (Wildman–Crippen MR) is 88.3 cm³/mol. The zero-order valence-electron chi connectivity index (χ0n) is 12.5. The zero-order valence-corrected chi connectivity index (χ0v) is 13.6. The Morgan fingerprint density at radius 2 is 1.80 bits per heavy atom. The molecule has 20 heavy (non-hydrogen) atoms. The first kappa shape index (κ1) is 15.2. The monoisotopic (exact) mass is 288 g/mol. The summed E-state index contributed by atoms with van der Waals surface area (Å²) >= 11 is 0. The minimum Gasteiger partial charge on any atom is -0.415 e. The quantitative estimate of drug-likeness (QED) is 0.548. The molecule has 0 bridgehead atoms. The Bertz CT molecular complexity index is 522. The highest BCUT2D eigenvalue weighted by Gasteiger charge is 2.16. The van der Waals surface area contributed by atoms with Gasteiger partial charge in [0, 0.05) is 20.3 Å². The molecule has 0 saturated carbocycles. The Balaban J connectivity index is 2.18. The predicted octanol–water partition coefficient (Wildman–Crippen LogP) is 3.23. The molecular formula is C17H24O2Si. The Morgan fingerprint density at radius 3 is 2.60 bits per heavy atom. The first-order valence-electron chi connectivity index (χ1n) is 7.45. The second-order valence-corrected chi connectivity index (χ2v) is 7.57. The van der Waals surface area contributed by atoms with Gasteiger partial charge in [-0.25, -0.2) is 0 Å². The van der Waals surface area contributed by atoms with Gasteiger partial charge in [-0.15, -0.1) is 0 Å². The van der Waals surface area contributed by atoms with E-state index in [1.807, 2.05) is 0 Å². The van der Waals surface area contributed by atoms with Crippen molar-refractivity contribution in [1.82, 2.24) is 0 Å². The number of benzene rings is 2. The molecule has 2 nitrogen and oxygen atoms in total. The van der Waals surface area contributed by atoms with Gasteiger partial charge in [0.1, 0.15) is 0 Å². The summed E-state index contributed by atoms with van der Waals surface area (Å²) in [6, 6.07) is 16.4. The molecule has 1 atom stereocenters. The van der Waals surface area contributed by atoms with Crippen LogP contribution in [-0.4, -0.2) is 29.4 Å². The molecule has 0 aromatic heterocycles. The van der Waals surface area contributed by atoms with Crippen LogP contribution in [0.5, 0.6) is 0 Å². The minimum atomic E-state index is -1.34. The van der Waals surface area contributed by atoms with E-state index in [2.05, 4.69) is 49.4 Å². The van der Waals surface area contributed by atoms with Crippen LogP contribution < -0.4 is 5.19 Å². The molecule has 0 aliphatic heterocycles. The van der Waals surface area contributed by atoms with Crippen LogP contribution in [0.25, 0.3) is 10.8 Å². The van der Waals surface area contributed by atoms with Crippen molar-refractivity contribution in [3.05, 3.63) is 42.5 Å². The van der Waals surface area contributed by atoms with Crippen molar-refractivity contribution in [2.45, 2.75) is 25.8 Å². The van der Waals surface area contributed by atoms with E-state index < -0.39 is 9.04 Å². The Hall–Kier alpha value is -1.16. The van der Waals surface area contributed by atoms with Crippen LogP contribution in [0.2, 0.25) is 6.04 Å². The molecule has 108 valence electrons. The summed E-state index contributed by atoms with van der Waals surface area (Å²) < 4.78 is 11.3. The maximum Gasteiger partial charge on any atom is 0.208 e. The standard InChI is InChI=1S/C17H24O2Si/c1-3-14-20(19-13-7-12-18-2)17-11-6-9-15-8-4-5-10-16(15)17/h4-6,8-11,20H,3,7,12-14H2,1-2H3.